The Bertz CT molecular complexity index is 1480. The molecule has 1 aromatic heterocycles. The maximum atomic E-state index is 13.2. The predicted octanol–water partition coefficient (Wildman–Crippen LogP) is 4.29. The summed E-state index contributed by atoms with van der Waals surface area (Å²) >= 11 is 0. The summed E-state index contributed by atoms with van der Waals surface area (Å²) in [5.41, 5.74) is 3.61. The first-order chi connectivity index (χ1) is 19.4. The van der Waals surface area contributed by atoms with Gasteiger partial charge in [-0.1, -0.05) is 24.3 Å². The van der Waals surface area contributed by atoms with Crippen molar-refractivity contribution in [1.29, 1.82) is 0 Å². The number of anilines is 1. The molecule has 1 fully saturated rings. The largest absolute Gasteiger partial charge is 0.493 e. The first-order valence-corrected chi connectivity index (χ1v) is 13.2. The topological polar surface area (TPSA) is 111 Å². The van der Waals surface area contributed by atoms with E-state index in [1.807, 2.05) is 35.4 Å². The number of amides is 2. The summed E-state index contributed by atoms with van der Waals surface area (Å²) in [5, 5.41) is 2.82. The molecule has 10 heteroatoms. The van der Waals surface area contributed by atoms with Gasteiger partial charge in [-0.2, -0.15) is 0 Å². The van der Waals surface area contributed by atoms with E-state index < -0.39 is 5.97 Å². The second-order valence-corrected chi connectivity index (χ2v) is 9.91. The van der Waals surface area contributed by atoms with Crippen molar-refractivity contribution in [3.05, 3.63) is 71.0 Å². The van der Waals surface area contributed by atoms with Crippen molar-refractivity contribution in [2.75, 3.05) is 26.1 Å². The van der Waals surface area contributed by atoms with Crippen molar-refractivity contribution in [3.63, 3.8) is 0 Å². The second-order valence-electron chi connectivity index (χ2n) is 9.91. The van der Waals surface area contributed by atoms with E-state index in [1.165, 1.54) is 7.11 Å². The predicted molar refractivity (Wildman–Crippen MR) is 150 cm³/mol. The van der Waals surface area contributed by atoms with Crippen LogP contribution in [0.4, 0.5) is 11.4 Å². The van der Waals surface area contributed by atoms with E-state index in [4.69, 9.17) is 14.2 Å². The van der Waals surface area contributed by atoms with Crippen LogP contribution in [0.15, 0.2) is 53.7 Å². The molecule has 2 aliphatic heterocycles. The molecule has 2 aromatic carbocycles. The Kier molecular flexibility index (Phi) is 7.86. The molecular weight excluding hydrogens is 512 g/mol. The molecule has 0 unspecified atom stereocenters. The van der Waals surface area contributed by atoms with Gasteiger partial charge in [0.05, 0.1) is 43.6 Å². The molecule has 1 atom stereocenters. The molecule has 3 aromatic rings. The number of nitrogens with one attached hydrogen (secondary N) is 1. The Morgan fingerprint density at radius 1 is 1.07 bits per heavy atom. The number of benzene rings is 2. The van der Waals surface area contributed by atoms with Crippen LogP contribution in [0.2, 0.25) is 0 Å². The van der Waals surface area contributed by atoms with E-state index in [1.54, 1.807) is 43.1 Å². The van der Waals surface area contributed by atoms with Gasteiger partial charge in [0.15, 0.2) is 11.5 Å². The number of hydrogen-bond acceptors (Lipinski definition) is 7. The first-order valence-electron chi connectivity index (χ1n) is 13.2. The highest BCUT2D eigenvalue weighted by molar-refractivity contribution is 6.03. The zero-order valence-corrected chi connectivity index (χ0v) is 22.8. The Morgan fingerprint density at radius 2 is 1.90 bits per heavy atom. The van der Waals surface area contributed by atoms with Crippen LogP contribution in [-0.4, -0.2) is 60.3 Å². The highest BCUT2D eigenvalue weighted by Crippen LogP contribution is 2.38. The van der Waals surface area contributed by atoms with Crippen LogP contribution in [0.5, 0.6) is 11.5 Å². The molecule has 2 aliphatic rings. The number of carbonyl (C=O) groups is 3. The molecule has 1 N–H and O–H groups in total. The minimum atomic E-state index is -0.476. The third kappa shape index (κ3) is 5.70. The molecule has 40 heavy (non-hydrogen) atoms. The number of esters is 1. The highest BCUT2D eigenvalue weighted by Gasteiger charge is 2.31. The average molecular weight is 545 g/mol. The van der Waals surface area contributed by atoms with Gasteiger partial charge in [0.2, 0.25) is 5.91 Å². The molecule has 0 aliphatic carbocycles. The molecule has 0 radical (unpaired) electrons. The number of nitrogens with zero attached hydrogens (tertiary/aromatic N) is 3. The van der Waals surface area contributed by atoms with E-state index in [0.29, 0.717) is 34.1 Å². The van der Waals surface area contributed by atoms with Crippen molar-refractivity contribution >= 4 is 35.4 Å². The number of methoxy groups -OCH3 is 2. The van der Waals surface area contributed by atoms with Gasteiger partial charge in [-0.15, -0.1) is 0 Å². The van der Waals surface area contributed by atoms with Gasteiger partial charge < -0.3 is 29.0 Å². The third-order valence-corrected chi connectivity index (χ3v) is 7.14. The lowest BCUT2D eigenvalue weighted by molar-refractivity contribution is -0.115. The molecule has 0 spiro atoms. The number of hydrogen-bond donors (Lipinski definition) is 1. The van der Waals surface area contributed by atoms with Gasteiger partial charge >= 0.3 is 5.97 Å². The summed E-state index contributed by atoms with van der Waals surface area (Å²) in [4.78, 5) is 44.2. The molecule has 3 heterocycles. The fourth-order valence-electron chi connectivity index (χ4n) is 5.11. The van der Waals surface area contributed by atoms with Crippen molar-refractivity contribution in [2.24, 2.45) is 12.0 Å². The highest BCUT2D eigenvalue weighted by atomic mass is 16.5. The quantitative estimate of drug-likeness (QED) is 0.424. The lowest BCUT2D eigenvalue weighted by Gasteiger charge is -2.32. The smallest absolute Gasteiger partial charge is 0.354 e. The number of piperidine rings is 1. The summed E-state index contributed by atoms with van der Waals surface area (Å²) in [7, 11) is 4.56. The fraction of sp³-hybridized carbons (Fsp3) is 0.333. The molecule has 0 saturated carbocycles. The van der Waals surface area contributed by atoms with Crippen LogP contribution in [-0.2, 0) is 29.6 Å². The Balaban J connectivity index is 1.26. The van der Waals surface area contributed by atoms with Crippen LogP contribution < -0.4 is 14.8 Å². The molecule has 10 nitrogen and oxygen atoms in total. The van der Waals surface area contributed by atoms with E-state index in [9.17, 15) is 14.4 Å². The van der Waals surface area contributed by atoms with Crippen molar-refractivity contribution in [3.8, 4) is 11.5 Å². The molecule has 0 bridgehead atoms. The van der Waals surface area contributed by atoms with Crippen molar-refractivity contribution < 1.29 is 28.6 Å². The SMILES string of the molecule is COC(=O)c1cc(NC(=O)Cc2cccc(COc3cc4c(cc3OC)C(=O)N3CCCC[C@H]3C=N4)c2)cn1C. The first kappa shape index (κ1) is 27.0. The van der Waals surface area contributed by atoms with E-state index in [2.05, 4.69) is 10.3 Å². The van der Waals surface area contributed by atoms with Gasteiger partial charge in [0.25, 0.3) is 5.91 Å². The summed E-state index contributed by atoms with van der Waals surface area (Å²) in [6, 6.07) is 12.6. The normalized spacial score (nSPS) is 16.0. The minimum Gasteiger partial charge on any atom is -0.493 e. The van der Waals surface area contributed by atoms with Gasteiger partial charge in [-0.25, -0.2) is 4.79 Å². The summed E-state index contributed by atoms with van der Waals surface area (Å²) in [6.07, 6.45) is 6.65. The molecule has 208 valence electrons. The number of aromatic nitrogens is 1. The number of ether oxygens (including phenoxy) is 3. The van der Waals surface area contributed by atoms with Crippen LogP contribution in [0.25, 0.3) is 0 Å². The monoisotopic (exact) mass is 544 g/mol. The number of aryl methyl sites for hydroxylation is 1. The standard InChI is InChI=1S/C30H32N4O6/c1-33-17-21(13-25(33)30(37)39-3)32-28(35)12-19-7-6-8-20(11-19)18-40-27-15-24-23(14-26(27)38-2)29(36)34-10-5-4-9-22(34)16-31-24/h6-8,11,13-17,22H,4-5,9-10,12,18H2,1-3H3,(H,32,35)/t22-/m0/s1. The maximum Gasteiger partial charge on any atom is 0.354 e. The van der Waals surface area contributed by atoms with E-state index in [0.717, 1.165) is 36.9 Å². The summed E-state index contributed by atoms with van der Waals surface area (Å²) < 4.78 is 18.0. The number of carbonyl (C=O) groups excluding carboxylic acids is 3. The minimum absolute atomic E-state index is 0.0146. The Hall–Kier alpha value is -4.60. The van der Waals surface area contributed by atoms with Gasteiger partial charge in [0.1, 0.15) is 12.3 Å². The van der Waals surface area contributed by atoms with Crippen LogP contribution >= 0.6 is 0 Å². The lowest BCUT2D eigenvalue weighted by atomic mass is 10.0. The third-order valence-electron chi connectivity index (χ3n) is 7.14. The Morgan fingerprint density at radius 3 is 2.70 bits per heavy atom. The molecule has 1 saturated heterocycles. The lowest BCUT2D eigenvalue weighted by Crippen LogP contribution is -2.43. The summed E-state index contributed by atoms with van der Waals surface area (Å²) in [6.45, 7) is 0.960. The van der Waals surface area contributed by atoms with Gasteiger partial charge in [-0.05, 0) is 42.5 Å². The number of fused-ring (bicyclic) bond motifs is 2. The Labute approximate surface area is 232 Å². The fourth-order valence-corrected chi connectivity index (χ4v) is 5.11. The maximum absolute atomic E-state index is 13.2. The molecular formula is C30H32N4O6. The summed E-state index contributed by atoms with van der Waals surface area (Å²) in [5.74, 6) is 0.217. The van der Waals surface area contributed by atoms with Crippen LogP contribution in [0.3, 0.4) is 0 Å². The van der Waals surface area contributed by atoms with Gasteiger partial charge in [-0.3, -0.25) is 14.6 Å². The van der Waals surface area contributed by atoms with Crippen molar-refractivity contribution in [1.82, 2.24) is 9.47 Å². The molecule has 2 amide bonds. The average Bonchev–Trinajstić information content (AvgIpc) is 3.26. The van der Waals surface area contributed by atoms with Crippen molar-refractivity contribution in [2.45, 2.75) is 38.3 Å². The van der Waals surface area contributed by atoms with Crippen LogP contribution in [0, 0.1) is 0 Å². The molecule has 5 rings (SSSR count). The van der Waals surface area contributed by atoms with E-state index in [-0.39, 0.29) is 30.9 Å². The zero-order chi connectivity index (χ0) is 28.2. The second kappa shape index (κ2) is 11.6. The zero-order valence-electron chi connectivity index (χ0n) is 22.8. The number of rotatable bonds is 8. The van der Waals surface area contributed by atoms with E-state index >= 15 is 0 Å². The van der Waals surface area contributed by atoms with Crippen LogP contribution in [0.1, 0.15) is 51.2 Å². The van der Waals surface area contributed by atoms with Gasteiger partial charge in [0, 0.05) is 32.1 Å². The number of aliphatic imine (C=N–C) groups is 1.